The lowest BCUT2D eigenvalue weighted by atomic mass is 10.1. The molecule has 1 fully saturated rings. The lowest BCUT2D eigenvalue weighted by molar-refractivity contribution is 0.669. The van der Waals surface area contributed by atoms with Crippen molar-refractivity contribution < 1.29 is 0 Å². The fourth-order valence-corrected chi connectivity index (χ4v) is 2.66. The lowest BCUT2D eigenvalue weighted by Crippen LogP contribution is -2.05. The van der Waals surface area contributed by atoms with Crippen molar-refractivity contribution in [3.8, 4) is 0 Å². The first-order valence-electron chi connectivity index (χ1n) is 6.11. The van der Waals surface area contributed by atoms with Crippen LogP contribution in [0, 0.1) is 0 Å². The molecule has 0 spiro atoms. The molecule has 1 aromatic heterocycles. The van der Waals surface area contributed by atoms with E-state index in [0.717, 1.165) is 17.2 Å². The van der Waals surface area contributed by atoms with Crippen LogP contribution in [0.3, 0.4) is 0 Å². The Morgan fingerprint density at radius 1 is 1.11 bits per heavy atom. The summed E-state index contributed by atoms with van der Waals surface area (Å²) in [6.45, 7) is 0. The van der Waals surface area contributed by atoms with Crippen LogP contribution >= 0.6 is 34.8 Å². The lowest BCUT2D eigenvalue weighted by Gasteiger charge is -2.08. The predicted molar refractivity (Wildman–Crippen MR) is 77.1 cm³/mol. The summed E-state index contributed by atoms with van der Waals surface area (Å²) in [5.41, 5.74) is 1.07. The van der Waals surface area contributed by atoms with Gasteiger partial charge in [0.15, 0.2) is 0 Å². The molecule has 0 unspecified atom stereocenters. The van der Waals surface area contributed by atoms with Crippen LogP contribution in [0.5, 0.6) is 0 Å². The number of hydrogen-bond donors (Lipinski definition) is 0. The Balaban J connectivity index is 1.90. The molecule has 2 aromatic rings. The van der Waals surface area contributed by atoms with Gasteiger partial charge in [0, 0.05) is 12.5 Å². The number of hydrogen-bond acceptors (Lipinski definition) is 2. The maximum absolute atomic E-state index is 6.03. The van der Waals surface area contributed by atoms with Crippen molar-refractivity contribution in [3.05, 3.63) is 45.5 Å². The molecule has 100 valence electrons. The third-order valence-electron chi connectivity index (χ3n) is 3.21. The van der Waals surface area contributed by atoms with Crippen LogP contribution in [0.1, 0.15) is 36.1 Å². The Hall–Kier alpha value is -0.770. The average molecular weight is 317 g/mol. The van der Waals surface area contributed by atoms with Crippen molar-refractivity contribution >= 4 is 34.8 Å². The summed E-state index contributed by atoms with van der Waals surface area (Å²) in [6.07, 6.45) is 3.05. The van der Waals surface area contributed by atoms with Gasteiger partial charge in [-0.25, -0.2) is 0 Å². The quantitative estimate of drug-likeness (QED) is 0.790. The van der Waals surface area contributed by atoms with Gasteiger partial charge >= 0.3 is 0 Å². The summed E-state index contributed by atoms with van der Waals surface area (Å²) < 4.78 is 2.16. The van der Waals surface area contributed by atoms with Crippen LogP contribution in [0.2, 0.25) is 10.0 Å². The van der Waals surface area contributed by atoms with Crippen molar-refractivity contribution in [2.75, 3.05) is 0 Å². The van der Waals surface area contributed by atoms with E-state index < -0.39 is 0 Å². The van der Waals surface area contributed by atoms with Crippen molar-refractivity contribution in [2.24, 2.45) is 0 Å². The molecule has 0 amide bonds. The van der Waals surface area contributed by atoms with Crippen molar-refractivity contribution in [3.63, 3.8) is 0 Å². The normalized spacial score (nSPS) is 14.9. The highest BCUT2D eigenvalue weighted by molar-refractivity contribution is 6.42. The number of halogens is 3. The van der Waals surface area contributed by atoms with Gasteiger partial charge in [-0.3, -0.25) is 0 Å². The van der Waals surface area contributed by atoms with Gasteiger partial charge < -0.3 is 4.57 Å². The van der Waals surface area contributed by atoms with E-state index in [2.05, 4.69) is 14.8 Å². The molecule has 3 nitrogen and oxygen atoms in total. The Morgan fingerprint density at radius 3 is 2.47 bits per heavy atom. The van der Waals surface area contributed by atoms with Crippen LogP contribution in [-0.4, -0.2) is 14.8 Å². The Morgan fingerprint density at radius 2 is 1.84 bits per heavy atom. The van der Waals surface area contributed by atoms with Crippen molar-refractivity contribution in [2.45, 2.75) is 31.2 Å². The monoisotopic (exact) mass is 315 g/mol. The summed E-state index contributed by atoms with van der Waals surface area (Å²) in [4.78, 5) is 0. The molecule has 0 saturated heterocycles. The first-order valence-corrected chi connectivity index (χ1v) is 7.40. The van der Waals surface area contributed by atoms with E-state index in [9.17, 15) is 0 Å². The molecule has 0 aliphatic heterocycles. The van der Waals surface area contributed by atoms with E-state index in [-0.39, 0.29) is 0 Å². The van der Waals surface area contributed by atoms with E-state index >= 15 is 0 Å². The SMILES string of the molecule is ClCc1nnc(Cc2ccc(Cl)c(Cl)c2)n1C1CC1. The predicted octanol–water partition coefficient (Wildman–Crippen LogP) is 4.25. The highest BCUT2D eigenvalue weighted by atomic mass is 35.5. The topological polar surface area (TPSA) is 30.7 Å². The van der Waals surface area contributed by atoms with Gasteiger partial charge in [-0.1, -0.05) is 29.3 Å². The summed E-state index contributed by atoms with van der Waals surface area (Å²) in [7, 11) is 0. The summed E-state index contributed by atoms with van der Waals surface area (Å²) >= 11 is 17.9. The number of rotatable bonds is 4. The zero-order valence-corrected chi connectivity index (χ0v) is 12.4. The Kier molecular flexibility index (Phi) is 3.70. The molecule has 0 radical (unpaired) electrons. The number of alkyl halides is 1. The molecule has 0 bridgehead atoms. The Labute approximate surface area is 126 Å². The molecular weight excluding hydrogens is 305 g/mol. The van der Waals surface area contributed by atoms with E-state index in [1.165, 1.54) is 12.8 Å². The molecule has 19 heavy (non-hydrogen) atoms. The average Bonchev–Trinajstić information content (AvgIpc) is 3.16. The van der Waals surface area contributed by atoms with Gasteiger partial charge in [-0.2, -0.15) is 0 Å². The van der Waals surface area contributed by atoms with Crippen LogP contribution in [0.15, 0.2) is 18.2 Å². The molecule has 3 rings (SSSR count). The minimum Gasteiger partial charge on any atom is -0.311 e. The number of nitrogens with zero attached hydrogens (tertiary/aromatic N) is 3. The van der Waals surface area contributed by atoms with Gasteiger partial charge in [-0.15, -0.1) is 21.8 Å². The molecular formula is C13H12Cl3N3. The van der Waals surface area contributed by atoms with Gasteiger partial charge in [0.2, 0.25) is 0 Å². The van der Waals surface area contributed by atoms with Crippen LogP contribution in [-0.2, 0) is 12.3 Å². The number of aromatic nitrogens is 3. The molecule has 1 aliphatic rings. The zero-order valence-electron chi connectivity index (χ0n) is 10.1. The highest BCUT2D eigenvalue weighted by Crippen LogP contribution is 2.37. The van der Waals surface area contributed by atoms with Crippen LogP contribution in [0.25, 0.3) is 0 Å². The molecule has 1 saturated carbocycles. The first-order chi connectivity index (χ1) is 9.19. The van der Waals surface area contributed by atoms with Crippen molar-refractivity contribution in [1.82, 2.24) is 14.8 Å². The maximum Gasteiger partial charge on any atom is 0.148 e. The van der Waals surface area contributed by atoms with Gasteiger partial charge in [-0.05, 0) is 30.5 Å². The minimum atomic E-state index is 0.394. The molecule has 0 atom stereocenters. The fourth-order valence-electron chi connectivity index (χ4n) is 2.16. The van der Waals surface area contributed by atoms with E-state index in [1.54, 1.807) is 6.07 Å². The second kappa shape index (κ2) is 5.31. The van der Waals surface area contributed by atoms with Crippen LogP contribution in [0.4, 0.5) is 0 Å². The largest absolute Gasteiger partial charge is 0.311 e. The van der Waals surface area contributed by atoms with Gasteiger partial charge in [0.05, 0.1) is 15.9 Å². The number of benzene rings is 1. The summed E-state index contributed by atoms with van der Waals surface area (Å²) in [5.74, 6) is 2.18. The molecule has 0 N–H and O–H groups in total. The second-order valence-electron chi connectivity index (χ2n) is 4.69. The molecule has 1 aliphatic carbocycles. The smallest absolute Gasteiger partial charge is 0.148 e. The minimum absolute atomic E-state index is 0.394. The maximum atomic E-state index is 6.03. The molecule has 1 heterocycles. The Bertz CT molecular complexity index is 605. The summed E-state index contributed by atoms with van der Waals surface area (Å²) in [6, 6.07) is 6.15. The molecule has 6 heteroatoms. The standard InChI is InChI=1S/C13H12Cl3N3/c14-7-13-18-17-12(19(13)9-2-3-9)6-8-1-4-10(15)11(16)5-8/h1,4-5,9H,2-3,6-7H2. The fraction of sp³-hybridized carbons (Fsp3) is 0.385. The molecule has 1 aromatic carbocycles. The third-order valence-corrected chi connectivity index (χ3v) is 4.19. The second-order valence-corrected chi connectivity index (χ2v) is 5.77. The third kappa shape index (κ3) is 2.73. The van der Waals surface area contributed by atoms with Crippen LogP contribution < -0.4 is 0 Å². The van der Waals surface area contributed by atoms with Gasteiger partial charge in [0.1, 0.15) is 11.6 Å². The zero-order chi connectivity index (χ0) is 13.4. The van der Waals surface area contributed by atoms with Gasteiger partial charge in [0.25, 0.3) is 0 Å². The van der Waals surface area contributed by atoms with E-state index in [0.29, 0.717) is 28.4 Å². The first kappa shape index (κ1) is 13.2. The van der Waals surface area contributed by atoms with E-state index in [1.807, 2.05) is 12.1 Å². The van der Waals surface area contributed by atoms with E-state index in [4.69, 9.17) is 34.8 Å². The van der Waals surface area contributed by atoms with Crippen molar-refractivity contribution in [1.29, 1.82) is 0 Å². The summed E-state index contributed by atoms with van der Waals surface area (Å²) in [5, 5.41) is 9.53. The highest BCUT2D eigenvalue weighted by Gasteiger charge is 2.29.